The lowest BCUT2D eigenvalue weighted by atomic mass is 9.91. The molecule has 0 saturated heterocycles. The Labute approximate surface area is 101 Å². The number of aromatic amines is 1. The van der Waals surface area contributed by atoms with Crippen LogP contribution in [0.2, 0.25) is 0 Å². The molecule has 0 amide bonds. The van der Waals surface area contributed by atoms with Crippen molar-refractivity contribution in [1.29, 1.82) is 0 Å². The number of fused-ring (bicyclic) bond motifs is 3. The first kappa shape index (κ1) is 10.7. The molecule has 3 heteroatoms. The Hall–Kier alpha value is -1.48. The quantitative estimate of drug-likeness (QED) is 0.791. The number of ether oxygens (including phenoxy) is 1. The minimum atomic E-state index is 0.166. The molecule has 3 nitrogen and oxygen atoms in total. The van der Waals surface area contributed by atoms with E-state index in [1.54, 1.807) is 7.11 Å². The van der Waals surface area contributed by atoms with E-state index in [4.69, 9.17) is 10.5 Å². The maximum atomic E-state index is 6.24. The summed E-state index contributed by atoms with van der Waals surface area (Å²) in [5.41, 5.74) is 11.1. The van der Waals surface area contributed by atoms with E-state index in [-0.39, 0.29) is 6.04 Å². The van der Waals surface area contributed by atoms with Crippen LogP contribution in [0.3, 0.4) is 0 Å². The molecule has 1 heterocycles. The number of hydrogen-bond donors (Lipinski definition) is 2. The van der Waals surface area contributed by atoms with Crippen LogP contribution in [-0.2, 0) is 6.42 Å². The fraction of sp³-hybridized carbons (Fsp3) is 0.429. The largest absolute Gasteiger partial charge is 0.495 e. The number of H-pyrrole nitrogens is 1. The van der Waals surface area contributed by atoms with Crippen LogP contribution in [-0.4, -0.2) is 12.1 Å². The number of hydrogen-bond acceptors (Lipinski definition) is 2. The van der Waals surface area contributed by atoms with Gasteiger partial charge in [0.05, 0.1) is 12.6 Å². The normalized spacial score (nSPS) is 19.4. The van der Waals surface area contributed by atoms with Crippen molar-refractivity contribution in [2.24, 2.45) is 5.73 Å². The third-order valence-corrected chi connectivity index (χ3v) is 3.67. The molecule has 0 bridgehead atoms. The van der Waals surface area contributed by atoms with Crippen molar-refractivity contribution in [2.45, 2.75) is 32.2 Å². The zero-order chi connectivity index (χ0) is 12.0. The summed E-state index contributed by atoms with van der Waals surface area (Å²) in [6.07, 6.45) is 3.35. The average Bonchev–Trinajstić information content (AvgIpc) is 2.67. The number of aromatic nitrogens is 1. The topological polar surface area (TPSA) is 51.0 Å². The standard InChI is InChI=1S/C14H18N2O/c1-8-6-9-13-10(15)4-3-5-11(13)16-14(9)12(7-8)17-2/h6-7,10,16H,3-5,15H2,1-2H3. The molecule has 17 heavy (non-hydrogen) atoms. The highest BCUT2D eigenvalue weighted by Crippen LogP contribution is 2.38. The van der Waals surface area contributed by atoms with Gasteiger partial charge in [-0.25, -0.2) is 0 Å². The second kappa shape index (κ2) is 3.77. The van der Waals surface area contributed by atoms with Gasteiger partial charge in [0.15, 0.2) is 0 Å². The fourth-order valence-corrected chi connectivity index (χ4v) is 2.90. The molecular formula is C14H18N2O. The lowest BCUT2D eigenvalue weighted by Gasteiger charge is -2.18. The average molecular weight is 230 g/mol. The van der Waals surface area contributed by atoms with Gasteiger partial charge in [0.25, 0.3) is 0 Å². The molecule has 0 saturated carbocycles. The molecule has 90 valence electrons. The smallest absolute Gasteiger partial charge is 0.143 e. The van der Waals surface area contributed by atoms with Crippen LogP contribution in [0.15, 0.2) is 12.1 Å². The first-order valence-corrected chi connectivity index (χ1v) is 6.15. The summed E-state index contributed by atoms with van der Waals surface area (Å²) >= 11 is 0. The number of rotatable bonds is 1. The molecule has 1 atom stereocenters. The van der Waals surface area contributed by atoms with Crippen molar-refractivity contribution >= 4 is 10.9 Å². The lowest BCUT2D eigenvalue weighted by molar-refractivity contribution is 0.418. The zero-order valence-electron chi connectivity index (χ0n) is 10.3. The molecule has 3 N–H and O–H groups in total. The predicted octanol–water partition coefficient (Wildman–Crippen LogP) is 2.82. The van der Waals surface area contributed by atoms with Gasteiger partial charge in [-0.05, 0) is 49.4 Å². The van der Waals surface area contributed by atoms with E-state index in [0.717, 1.165) is 24.1 Å². The molecule has 3 rings (SSSR count). The first-order valence-electron chi connectivity index (χ1n) is 6.15. The van der Waals surface area contributed by atoms with Crippen LogP contribution < -0.4 is 10.5 Å². The van der Waals surface area contributed by atoms with Crippen LogP contribution in [0.1, 0.15) is 35.7 Å². The highest BCUT2D eigenvalue weighted by molar-refractivity contribution is 5.91. The summed E-state index contributed by atoms with van der Waals surface area (Å²) in [6, 6.07) is 4.44. The van der Waals surface area contributed by atoms with E-state index in [1.165, 1.54) is 28.6 Å². The number of benzene rings is 1. The van der Waals surface area contributed by atoms with Crippen molar-refractivity contribution in [3.8, 4) is 5.75 Å². The predicted molar refractivity (Wildman–Crippen MR) is 69.5 cm³/mol. The Morgan fingerprint density at radius 3 is 3.00 bits per heavy atom. The molecule has 0 radical (unpaired) electrons. The first-order chi connectivity index (χ1) is 8.20. The van der Waals surface area contributed by atoms with E-state index in [1.807, 2.05) is 0 Å². The summed E-state index contributed by atoms with van der Waals surface area (Å²) in [6.45, 7) is 2.09. The number of nitrogens with two attached hydrogens (primary N) is 1. The van der Waals surface area contributed by atoms with Crippen molar-refractivity contribution in [1.82, 2.24) is 4.98 Å². The second-order valence-electron chi connectivity index (χ2n) is 4.91. The molecule has 0 fully saturated rings. The van der Waals surface area contributed by atoms with Crippen LogP contribution >= 0.6 is 0 Å². The lowest BCUT2D eigenvalue weighted by Crippen LogP contribution is -2.16. The number of methoxy groups -OCH3 is 1. The Bertz CT molecular complexity index is 571. The van der Waals surface area contributed by atoms with Crippen molar-refractivity contribution in [3.63, 3.8) is 0 Å². The maximum Gasteiger partial charge on any atom is 0.143 e. The molecule has 0 spiro atoms. The monoisotopic (exact) mass is 230 g/mol. The van der Waals surface area contributed by atoms with Gasteiger partial charge in [-0.3, -0.25) is 0 Å². The summed E-state index contributed by atoms with van der Waals surface area (Å²) < 4.78 is 5.45. The number of aryl methyl sites for hydroxylation is 2. The minimum Gasteiger partial charge on any atom is -0.495 e. The molecule has 0 aliphatic heterocycles. The number of nitrogens with one attached hydrogen (secondary N) is 1. The van der Waals surface area contributed by atoms with E-state index >= 15 is 0 Å². The molecule has 1 unspecified atom stereocenters. The Balaban J connectivity index is 2.35. The van der Waals surface area contributed by atoms with Gasteiger partial charge in [0.1, 0.15) is 5.75 Å². The maximum absolute atomic E-state index is 6.24. The van der Waals surface area contributed by atoms with Gasteiger partial charge in [-0.15, -0.1) is 0 Å². The summed E-state index contributed by atoms with van der Waals surface area (Å²) in [7, 11) is 1.72. The molecule has 1 aliphatic carbocycles. The second-order valence-corrected chi connectivity index (χ2v) is 4.91. The van der Waals surface area contributed by atoms with Gasteiger partial charge in [-0.1, -0.05) is 0 Å². The molecule has 1 aliphatic rings. The third kappa shape index (κ3) is 1.53. The third-order valence-electron chi connectivity index (χ3n) is 3.67. The summed E-state index contributed by atoms with van der Waals surface area (Å²) in [4.78, 5) is 3.49. The van der Waals surface area contributed by atoms with Crippen LogP contribution in [0.25, 0.3) is 10.9 Å². The van der Waals surface area contributed by atoms with Gasteiger partial charge in [-0.2, -0.15) is 0 Å². The molecule has 1 aromatic heterocycles. The minimum absolute atomic E-state index is 0.166. The molecule has 2 aromatic rings. The van der Waals surface area contributed by atoms with Gasteiger partial charge < -0.3 is 15.5 Å². The van der Waals surface area contributed by atoms with E-state index < -0.39 is 0 Å². The summed E-state index contributed by atoms with van der Waals surface area (Å²) in [5, 5.41) is 1.24. The summed E-state index contributed by atoms with van der Waals surface area (Å²) in [5.74, 6) is 0.918. The van der Waals surface area contributed by atoms with E-state index in [2.05, 4.69) is 24.0 Å². The van der Waals surface area contributed by atoms with Crippen molar-refractivity contribution in [2.75, 3.05) is 7.11 Å². The van der Waals surface area contributed by atoms with Crippen LogP contribution in [0.4, 0.5) is 0 Å². The molecular weight excluding hydrogens is 212 g/mol. The van der Waals surface area contributed by atoms with Crippen LogP contribution in [0.5, 0.6) is 5.75 Å². The Kier molecular flexibility index (Phi) is 2.37. The van der Waals surface area contributed by atoms with Crippen molar-refractivity contribution in [3.05, 3.63) is 29.0 Å². The fourth-order valence-electron chi connectivity index (χ4n) is 2.90. The Morgan fingerprint density at radius 1 is 1.41 bits per heavy atom. The zero-order valence-corrected chi connectivity index (χ0v) is 10.3. The highest BCUT2D eigenvalue weighted by Gasteiger charge is 2.23. The van der Waals surface area contributed by atoms with Gasteiger partial charge >= 0.3 is 0 Å². The van der Waals surface area contributed by atoms with Crippen LogP contribution in [0, 0.1) is 6.92 Å². The van der Waals surface area contributed by atoms with Crippen molar-refractivity contribution < 1.29 is 4.74 Å². The highest BCUT2D eigenvalue weighted by atomic mass is 16.5. The SMILES string of the molecule is COc1cc(C)cc2c3c([nH]c12)CCCC3N. The van der Waals surface area contributed by atoms with Gasteiger partial charge in [0, 0.05) is 17.1 Å². The van der Waals surface area contributed by atoms with E-state index in [9.17, 15) is 0 Å². The molecule has 1 aromatic carbocycles. The van der Waals surface area contributed by atoms with E-state index in [0.29, 0.717) is 0 Å². The van der Waals surface area contributed by atoms with Gasteiger partial charge in [0.2, 0.25) is 0 Å². The Morgan fingerprint density at radius 2 is 2.24 bits per heavy atom.